The zero-order valence-corrected chi connectivity index (χ0v) is 14.1. The summed E-state index contributed by atoms with van der Waals surface area (Å²) in [4.78, 5) is 0. The number of hydrogen-bond acceptors (Lipinski definition) is 2. The van der Waals surface area contributed by atoms with Crippen LogP contribution in [0.25, 0.3) is 0 Å². The molecule has 0 bridgehead atoms. The second-order valence-electron chi connectivity index (χ2n) is 5.53. The fraction of sp³-hybridized carbons (Fsp3) is 0.625. The number of rotatable bonds is 6. The molecule has 2 unspecified atom stereocenters. The van der Waals surface area contributed by atoms with Crippen LogP contribution in [-0.2, 0) is 0 Å². The predicted octanol–water partition coefficient (Wildman–Crippen LogP) is 5.15. The largest absolute Gasteiger partial charge is 0.326 e. The molecule has 2 N–H and O–H groups in total. The first-order valence-electron chi connectivity index (χ1n) is 7.33. The molecule has 19 heavy (non-hydrogen) atoms. The van der Waals surface area contributed by atoms with Gasteiger partial charge in [-0.05, 0) is 48.6 Å². The Balaban J connectivity index is 2.00. The quantitative estimate of drug-likeness (QED) is 0.774. The topological polar surface area (TPSA) is 26.0 Å². The van der Waals surface area contributed by atoms with Crippen LogP contribution in [0.1, 0.15) is 49.8 Å². The molecular formula is C16H24BrNS. The second kappa shape index (κ2) is 7.70. The number of thioether (sulfide) groups is 1. The predicted molar refractivity (Wildman–Crippen MR) is 89.6 cm³/mol. The van der Waals surface area contributed by atoms with E-state index in [0.717, 1.165) is 16.8 Å². The van der Waals surface area contributed by atoms with E-state index in [0.29, 0.717) is 5.25 Å². The molecular weight excluding hydrogens is 318 g/mol. The van der Waals surface area contributed by atoms with Crippen LogP contribution in [0.15, 0.2) is 28.7 Å². The first kappa shape index (κ1) is 15.4. The van der Waals surface area contributed by atoms with E-state index < -0.39 is 0 Å². The summed E-state index contributed by atoms with van der Waals surface area (Å²) in [5, 5.41) is 0.443. The van der Waals surface area contributed by atoms with Gasteiger partial charge in [0.2, 0.25) is 0 Å². The van der Waals surface area contributed by atoms with Crippen molar-refractivity contribution in [2.24, 2.45) is 11.7 Å². The lowest BCUT2D eigenvalue weighted by molar-refractivity contribution is 0.607. The minimum Gasteiger partial charge on any atom is -0.326 e. The van der Waals surface area contributed by atoms with Crippen LogP contribution in [-0.4, -0.2) is 11.8 Å². The molecule has 2 rings (SSSR count). The van der Waals surface area contributed by atoms with E-state index in [9.17, 15) is 0 Å². The van der Waals surface area contributed by atoms with Crippen molar-refractivity contribution in [2.45, 2.75) is 50.3 Å². The maximum Gasteiger partial charge on any atom is 0.0448 e. The normalized spacial score (nSPS) is 19.5. The standard InChI is InChI=1S/C16H24BrNS/c1-2-15(18)16(13-7-9-14(17)10-8-13)19-11-12-5-3-4-6-12/h7-10,12,15-16H,2-6,11,18H2,1H3. The first-order chi connectivity index (χ1) is 9.20. The van der Waals surface area contributed by atoms with Crippen LogP contribution in [0.4, 0.5) is 0 Å². The van der Waals surface area contributed by atoms with Gasteiger partial charge in [-0.25, -0.2) is 0 Å². The average molecular weight is 342 g/mol. The second-order valence-corrected chi connectivity index (χ2v) is 7.62. The third-order valence-electron chi connectivity index (χ3n) is 4.05. The van der Waals surface area contributed by atoms with E-state index in [1.54, 1.807) is 0 Å². The van der Waals surface area contributed by atoms with Crippen molar-refractivity contribution in [3.63, 3.8) is 0 Å². The highest BCUT2D eigenvalue weighted by Gasteiger charge is 2.22. The summed E-state index contributed by atoms with van der Waals surface area (Å²) in [6.07, 6.45) is 6.73. The number of hydrogen-bond donors (Lipinski definition) is 1. The van der Waals surface area contributed by atoms with Crippen LogP contribution in [0, 0.1) is 5.92 Å². The molecule has 1 aliphatic rings. The Kier molecular flexibility index (Phi) is 6.24. The van der Waals surface area contributed by atoms with Crippen molar-refractivity contribution in [1.82, 2.24) is 0 Å². The maximum atomic E-state index is 6.34. The summed E-state index contributed by atoms with van der Waals surface area (Å²) < 4.78 is 1.14. The molecule has 0 amide bonds. The third-order valence-corrected chi connectivity index (χ3v) is 6.22. The van der Waals surface area contributed by atoms with E-state index in [4.69, 9.17) is 5.73 Å². The monoisotopic (exact) mass is 341 g/mol. The molecule has 1 aromatic rings. The molecule has 1 aromatic carbocycles. The van der Waals surface area contributed by atoms with Gasteiger partial charge in [0, 0.05) is 15.8 Å². The van der Waals surface area contributed by atoms with E-state index in [1.807, 2.05) is 0 Å². The highest BCUT2D eigenvalue weighted by molar-refractivity contribution is 9.10. The lowest BCUT2D eigenvalue weighted by atomic mass is 10.0. The van der Waals surface area contributed by atoms with Crippen LogP contribution >= 0.6 is 27.7 Å². The van der Waals surface area contributed by atoms with E-state index >= 15 is 0 Å². The molecule has 1 nitrogen and oxygen atoms in total. The third kappa shape index (κ3) is 4.51. The van der Waals surface area contributed by atoms with Gasteiger partial charge in [0.1, 0.15) is 0 Å². The zero-order chi connectivity index (χ0) is 13.7. The van der Waals surface area contributed by atoms with Crippen molar-refractivity contribution < 1.29 is 0 Å². The Morgan fingerprint density at radius 1 is 1.26 bits per heavy atom. The Labute approximate surface area is 129 Å². The molecule has 2 atom stereocenters. The summed E-state index contributed by atoms with van der Waals surface area (Å²) >= 11 is 5.57. The van der Waals surface area contributed by atoms with Gasteiger partial charge < -0.3 is 5.73 Å². The highest BCUT2D eigenvalue weighted by Crippen LogP contribution is 2.37. The van der Waals surface area contributed by atoms with E-state index in [2.05, 4.69) is 58.9 Å². The van der Waals surface area contributed by atoms with E-state index in [1.165, 1.54) is 37.0 Å². The van der Waals surface area contributed by atoms with Gasteiger partial charge in [-0.1, -0.05) is 47.8 Å². The molecule has 0 aliphatic heterocycles. The Morgan fingerprint density at radius 2 is 1.89 bits per heavy atom. The van der Waals surface area contributed by atoms with Gasteiger partial charge in [0.15, 0.2) is 0 Å². The van der Waals surface area contributed by atoms with Gasteiger partial charge in [-0.15, -0.1) is 0 Å². The summed E-state index contributed by atoms with van der Waals surface area (Å²) in [6.45, 7) is 2.19. The van der Waals surface area contributed by atoms with Crippen molar-refractivity contribution >= 4 is 27.7 Å². The van der Waals surface area contributed by atoms with Crippen molar-refractivity contribution in [3.05, 3.63) is 34.3 Å². The highest BCUT2D eigenvalue weighted by atomic mass is 79.9. The summed E-state index contributed by atoms with van der Waals surface area (Å²) in [5.74, 6) is 2.20. The molecule has 1 aliphatic carbocycles. The summed E-state index contributed by atoms with van der Waals surface area (Å²) in [7, 11) is 0. The molecule has 0 saturated heterocycles. The average Bonchev–Trinajstić information content (AvgIpc) is 2.93. The SMILES string of the molecule is CCC(N)C(SCC1CCCC1)c1ccc(Br)cc1. The Morgan fingerprint density at radius 3 is 2.47 bits per heavy atom. The van der Waals surface area contributed by atoms with Gasteiger partial charge in [0.25, 0.3) is 0 Å². The smallest absolute Gasteiger partial charge is 0.0448 e. The summed E-state index contributed by atoms with van der Waals surface area (Å²) in [6, 6.07) is 8.94. The molecule has 3 heteroatoms. The maximum absolute atomic E-state index is 6.34. The fourth-order valence-electron chi connectivity index (χ4n) is 2.75. The van der Waals surface area contributed by atoms with Gasteiger partial charge in [0.05, 0.1) is 0 Å². The minimum atomic E-state index is 0.257. The number of benzene rings is 1. The van der Waals surface area contributed by atoms with Gasteiger partial charge in [-0.2, -0.15) is 11.8 Å². The number of nitrogens with two attached hydrogens (primary N) is 1. The Hall–Kier alpha value is 0.01000. The lowest BCUT2D eigenvalue weighted by Gasteiger charge is -2.24. The molecule has 1 fully saturated rings. The van der Waals surface area contributed by atoms with Crippen LogP contribution in [0.2, 0.25) is 0 Å². The first-order valence-corrected chi connectivity index (χ1v) is 9.17. The number of halogens is 1. The van der Waals surface area contributed by atoms with Crippen LogP contribution < -0.4 is 5.73 Å². The fourth-order valence-corrected chi connectivity index (χ4v) is 4.62. The molecule has 106 valence electrons. The van der Waals surface area contributed by atoms with Crippen LogP contribution in [0.3, 0.4) is 0 Å². The molecule has 0 aromatic heterocycles. The van der Waals surface area contributed by atoms with Gasteiger partial charge in [-0.3, -0.25) is 0 Å². The van der Waals surface area contributed by atoms with Gasteiger partial charge >= 0.3 is 0 Å². The Bertz CT molecular complexity index is 373. The van der Waals surface area contributed by atoms with Crippen molar-refractivity contribution in [3.8, 4) is 0 Å². The minimum absolute atomic E-state index is 0.257. The summed E-state index contributed by atoms with van der Waals surface area (Å²) in [5.41, 5.74) is 7.71. The van der Waals surface area contributed by atoms with Crippen molar-refractivity contribution in [2.75, 3.05) is 5.75 Å². The molecule has 1 saturated carbocycles. The zero-order valence-electron chi connectivity index (χ0n) is 11.6. The lowest BCUT2D eigenvalue weighted by Crippen LogP contribution is -2.26. The molecule has 0 heterocycles. The van der Waals surface area contributed by atoms with Crippen molar-refractivity contribution in [1.29, 1.82) is 0 Å². The molecule has 0 spiro atoms. The molecule has 0 radical (unpaired) electrons. The van der Waals surface area contributed by atoms with E-state index in [-0.39, 0.29) is 6.04 Å². The van der Waals surface area contributed by atoms with Crippen LogP contribution in [0.5, 0.6) is 0 Å².